The molecule has 0 fully saturated rings. The van der Waals surface area contributed by atoms with Gasteiger partial charge in [0.15, 0.2) is 0 Å². The number of nitrogens with two attached hydrogens (primary N) is 1. The monoisotopic (exact) mass is 217 g/mol. The second kappa shape index (κ2) is 5.04. The second-order valence-corrected chi connectivity index (χ2v) is 3.16. The van der Waals surface area contributed by atoms with Crippen molar-refractivity contribution in [1.82, 2.24) is 0 Å². The molecule has 0 aromatic heterocycles. The van der Waals surface area contributed by atoms with Crippen molar-refractivity contribution < 1.29 is 18.6 Å². The molecule has 3 nitrogen and oxygen atoms in total. The maximum Gasteiger partial charge on any atom is 0.387 e. The van der Waals surface area contributed by atoms with Crippen LogP contribution in [0.25, 0.3) is 0 Å². The van der Waals surface area contributed by atoms with Crippen LogP contribution >= 0.6 is 0 Å². The van der Waals surface area contributed by atoms with Gasteiger partial charge in [0.1, 0.15) is 5.75 Å². The van der Waals surface area contributed by atoms with Gasteiger partial charge in [0, 0.05) is 5.56 Å². The number of alkyl halides is 2. The van der Waals surface area contributed by atoms with E-state index in [9.17, 15) is 8.78 Å². The molecular formula is C10H13F2NO2. The summed E-state index contributed by atoms with van der Waals surface area (Å²) < 4.78 is 28.6. The van der Waals surface area contributed by atoms with Crippen molar-refractivity contribution in [3.8, 4) is 5.75 Å². The molecule has 0 amide bonds. The van der Waals surface area contributed by atoms with Crippen molar-refractivity contribution in [1.29, 1.82) is 0 Å². The minimum atomic E-state index is -2.89. The molecule has 0 saturated carbocycles. The van der Waals surface area contributed by atoms with Gasteiger partial charge < -0.3 is 15.6 Å². The number of benzene rings is 1. The van der Waals surface area contributed by atoms with Crippen LogP contribution in [0.4, 0.5) is 8.78 Å². The first-order valence-electron chi connectivity index (χ1n) is 4.47. The zero-order valence-corrected chi connectivity index (χ0v) is 8.28. The third-order valence-electron chi connectivity index (χ3n) is 2.05. The summed E-state index contributed by atoms with van der Waals surface area (Å²) in [6.45, 7) is -1.57. The Balaban J connectivity index is 3.08. The van der Waals surface area contributed by atoms with Crippen LogP contribution in [0.3, 0.4) is 0 Å². The molecule has 15 heavy (non-hydrogen) atoms. The summed E-state index contributed by atoms with van der Waals surface area (Å²) >= 11 is 0. The van der Waals surface area contributed by atoms with Gasteiger partial charge in [-0.2, -0.15) is 8.78 Å². The summed E-state index contributed by atoms with van der Waals surface area (Å²) in [5.74, 6) is 0.0500. The predicted molar refractivity (Wildman–Crippen MR) is 51.8 cm³/mol. The van der Waals surface area contributed by atoms with Crippen molar-refractivity contribution in [3.05, 3.63) is 29.3 Å². The van der Waals surface area contributed by atoms with E-state index in [1.807, 2.05) is 0 Å². The molecule has 0 aliphatic rings. The van der Waals surface area contributed by atoms with Crippen molar-refractivity contribution in [2.45, 2.75) is 19.6 Å². The standard InChI is InChI=1S/C10H13F2NO2/c1-6-3-2-4-7(8(13)5-14)9(6)15-10(11)12/h2-4,8,10,14H,5,13H2,1H3/t8-/m1/s1. The van der Waals surface area contributed by atoms with Crippen LogP contribution in [0.5, 0.6) is 5.75 Å². The maximum atomic E-state index is 12.1. The van der Waals surface area contributed by atoms with E-state index in [1.54, 1.807) is 25.1 Å². The number of hydrogen-bond acceptors (Lipinski definition) is 3. The number of aliphatic hydroxyl groups is 1. The first-order chi connectivity index (χ1) is 7.06. The Morgan fingerprint density at radius 3 is 2.67 bits per heavy atom. The van der Waals surface area contributed by atoms with Crippen molar-refractivity contribution >= 4 is 0 Å². The molecule has 1 aromatic carbocycles. The number of hydrogen-bond donors (Lipinski definition) is 2. The average Bonchev–Trinajstić information content (AvgIpc) is 2.19. The molecule has 0 aliphatic heterocycles. The van der Waals surface area contributed by atoms with Gasteiger partial charge in [0.2, 0.25) is 0 Å². The molecule has 1 atom stereocenters. The third-order valence-corrected chi connectivity index (χ3v) is 2.05. The number of aryl methyl sites for hydroxylation is 1. The van der Waals surface area contributed by atoms with Crippen LogP contribution in [0.2, 0.25) is 0 Å². The van der Waals surface area contributed by atoms with Gasteiger partial charge in [-0.05, 0) is 12.5 Å². The zero-order valence-electron chi connectivity index (χ0n) is 8.28. The Hall–Kier alpha value is -1.20. The lowest BCUT2D eigenvalue weighted by atomic mass is 10.0. The van der Waals surface area contributed by atoms with Gasteiger partial charge in [-0.25, -0.2) is 0 Å². The summed E-state index contributed by atoms with van der Waals surface area (Å²) in [6.07, 6.45) is 0. The predicted octanol–water partition coefficient (Wildman–Crippen LogP) is 1.59. The molecule has 0 radical (unpaired) electrons. The molecule has 0 heterocycles. The lowest BCUT2D eigenvalue weighted by Gasteiger charge is -2.16. The van der Waals surface area contributed by atoms with Crippen LogP contribution in [-0.4, -0.2) is 18.3 Å². The SMILES string of the molecule is Cc1cccc([C@H](N)CO)c1OC(F)F. The summed E-state index contributed by atoms with van der Waals surface area (Å²) in [6, 6.07) is 4.17. The minimum absolute atomic E-state index is 0.0500. The fourth-order valence-electron chi connectivity index (χ4n) is 1.32. The number of halogens is 2. The van der Waals surface area contributed by atoms with E-state index < -0.39 is 12.7 Å². The Bertz CT molecular complexity index is 331. The van der Waals surface area contributed by atoms with Crippen molar-refractivity contribution in [3.63, 3.8) is 0 Å². The molecule has 1 aromatic rings. The quantitative estimate of drug-likeness (QED) is 0.805. The first kappa shape index (κ1) is 11.9. The normalized spacial score (nSPS) is 12.9. The summed E-state index contributed by atoms with van der Waals surface area (Å²) in [7, 11) is 0. The van der Waals surface area contributed by atoms with Gasteiger partial charge in [0.05, 0.1) is 12.6 Å². The van der Waals surface area contributed by atoms with E-state index >= 15 is 0 Å². The highest BCUT2D eigenvalue weighted by Crippen LogP contribution is 2.28. The summed E-state index contributed by atoms with van der Waals surface area (Å²) in [5, 5.41) is 8.87. The van der Waals surface area contributed by atoms with Crippen LogP contribution in [0, 0.1) is 6.92 Å². The molecule has 5 heteroatoms. The van der Waals surface area contributed by atoms with Crippen LogP contribution in [0.1, 0.15) is 17.2 Å². The van der Waals surface area contributed by atoms with Gasteiger partial charge in [-0.3, -0.25) is 0 Å². The van der Waals surface area contributed by atoms with Crippen molar-refractivity contribution in [2.24, 2.45) is 5.73 Å². The average molecular weight is 217 g/mol. The second-order valence-electron chi connectivity index (χ2n) is 3.16. The van der Waals surface area contributed by atoms with E-state index in [-0.39, 0.29) is 12.4 Å². The highest BCUT2D eigenvalue weighted by atomic mass is 19.3. The van der Waals surface area contributed by atoms with E-state index in [1.165, 1.54) is 0 Å². The van der Waals surface area contributed by atoms with Gasteiger partial charge in [-0.1, -0.05) is 18.2 Å². The molecule has 0 bridgehead atoms. The summed E-state index contributed by atoms with van der Waals surface area (Å²) in [5.41, 5.74) is 6.52. The Labute approximate surface area is 86.5 Å². The molecule has 0 unspecified atom stereocenters. The van der Waals surface area contributed by atoms with E-state index in [0.717, 1.165) is 0 Å². The molecule has 0 spiro atoms. The van der Waals surface area contributed by atoms with Gasteiger partial charge in [-0.15, -0.1) is 0 Å². The van der Waals surface area contributed by atoms with E-state index in [0.29, 0.717) is 11.1 Å². The smallest absolute Gasteiger partial charge is 0.387 e. The number of para-hydroxylation sites is 1. The minimum Gasteiger partial charge on any atom is -0.434 e. The summed E-state index contributed by atoms with van der Waals surface area (Å²) in [4.78, 5) is 0. The number of ether oxygens (including phenoxy) is 1. The molecule has 0 saturated heterocycles. The third kappa shape index (κ3) is 2.87. The Morgan fingerprint density at radius 2 is 2.13 bits per heavy atom. The van der Waals surface area contributed by atoms with Crippen LogP contribution < -0.4 is 10.5 Å². The van der Waals surface area contributed by atoms with Crippen molar-refractivity contribution in [2.75, 3.05) is 6.61 Å². The topological polar surface area (TPSA) is 55.5 Å². The molecular weight excluding hydrogens is 204 g/mol. The van der Waals surface area contributed by atoms with E-state index in [2.05, 4.69) is 4.74 Å². The number of aliphatic hydroxyl groups excluding tert-OH is 1. The van der Waals surface area contributed by atoms with Crippen LogP contribution in [-0.2, 0) is 0 Å². The van der Waals surface area contributed by atoms with Gasteiger partial charge >= 0.3 is 6.61 Å². The lowest BCUT2D eigenvalue weighted by molar-refractivity contribution is -0.0512. The van der Waals surface area contributed by atoms with Crippen LogP contribution in [0.15, 0.2) is 18.2 Å². The molecule has 84 valence electrons. The first-order valence-corrected chi connectivity index (χ1v) is 4.47. The number of rotatable bonds is 4. The Kier molecular flexibility index (Phi) is 3.99. The van der Waals surface area contributed by atoms with Gasteiger partial charge in [0.25, 0.3) is 0 Å². The molecule has 0 aliphatic carbocycles. The maximum absolute atomic E-state index is 12.1. The molecule has 1 rings (SSSR count). The molecule has 3 N–H and O–H groups in total. The zero-order chi connectivity index (χ0) is 11.4. The highest BCUT2D eigenvalue weighted by Gasteiger charge is 2.16. The fourth-order valence-corrected chi connectivity index (χ4v) is 1.32. The fraction of sp³-hybridized carbons (Fsp3) is 0.400. The lowest BCUT2D eigenvalue weighted by Crippen LogP contribution is -2.17. The Morgan fingerprint density at radius 1 is 1.47 bits per heavy atom. The largest absolute Gasteiger partial charge is 0.434 e. The highest BCUT2D eigenvalue weighted by molar-refractivity contribution is 5.42. The van der Waals surface area contributed by atoms with E-state index in [4.69, 9.17) is 10.8 Å².